The van der Waals surface area contributed by atoms with Gasteiger partial charge in [-0.1, -0.05) is 18.2 Å². The highest BCUT2D eigenvalue weighted by Crippen LogP contribution is 2.30. The van der Waals surface area contributed by atoms with Gasteiger partial charge in [-0.15, -0.1) is 5.10 Å². The molecule has 4 rings (SSSR count). The zero-order valence-corrected chi connectivity index (χ0v) is 19.1. The molecule has 0 atom stereocenters. The lowest BCUT2D eigenvalue weighted by Crippen LogP contribution is -2.08. The first-order valence-electron chi connectivity index (χ1n) is 10.5. The summed E-state index contributed by atoms with van der Waals surface area (Å²) in [6, 6.07) is 11.9. The van der Waals surface area contributed by atoms with Gasteiger partial charge in [-0.2, -0.15) is 0 Å². The summed E-state index contributed by atoms with van der Waals surface area (Å²) >= 11 is 0. The van der Waals surface area contributed by atoms with Gasteiger partial charge in [0.25, 0.3) is 0 Å². The van der Waals surface area contributed by atoms with E-state index in [4.69, 9.17) is 14.2 Å². The first-order chi connectivity index (χ1) is 15.4. The molecule has 0 aliphatic rings. The number of pyridine rings is 1. The zero-order valence-electron chi connectivity index (χ0n) is 19.1. The zero-order chi connectivity index (χ0) is 22.8. The van der Waals surface area contributed by atoms with Crippen LogP contribution in [0.4, 0.5) is 0 Å². The fraction of sp³-hybridized carbons (Fsp3) is 0.320. The van der Waals surface area contributed by atoms with Gasteiger partial charge in [-0.05, 0) is 65.9 Å². The highest BCUT2D eigenvalue weighted by Gasteiger charge is 2.18. The molecule has 0 bridgehead atoms. The third kappa shape index (κ3) is 4.10. The van der Waals surface area contributed by atoms with Crippen molar-refractivity contribution >= 4 is 27.8 Å². The van der Waals surface area contributed by atoms with E-state index < -0.39 is 0 Å². The quantitative estimate of drug-likeness (QED) is 0.401. The van der Waals surface area contributed by atoms with Crippen LogP contribution >= 0.6 is 0 Å². The first kappa shape index (κ1) is 21.6. The van der Waals surface area contributed by atoms with Crippen LogP contribution in [0.15, 0.2) is 36.4 Å². The predicted octanol–water partition coefficient (Wildman–Crippen LogP) is 4.43. The monoisotopic (exact) mass is 433 g/mol. The Balaban J connectivity index is 1.43. The van der Waals surface area contributed by atoms with E-state index in [0.29, 0.717) is 12.3 Å². The maximum atomic E-state index is 12.4. The Labute approximate surface area is 186 Å². The van der Waals surface area contributed by atoms with Crippen molar-refractivity contribution in [2.75, 3.05) is 14.2 Å². The van der Waals surface area contributed by atoms with Crippen molar-refractivity contribution in [1.82, 2.24) is 14.8 Å². The van der Waals surface area contributed by atoms with Crippen LogP contribution in [0.25, 0.3) is 21.8 Å². The summed E-state index contributed by atoms with van der Waals surface area (Å²) in [6.07, 6.45) is 0.831. The molecule has 0 aliphatic carbocycles. The molecule has 7 heteroatoms. The second kappa shape index (κ2) is 8.86. The second-order valence-corrected chi connectivity index (χ2v) is 7.84. The minimum absolute atomic E-state index is 0.239. The smallest absolute Gasteiger partial charge is 0.306 e. The van der Waals surface area contributed by atoms with Gasteiger partial charge in [-0.25, -0.2) is 9.67 Å². The minimum atomic E-state index is -0.239. The third-order valence-corrected chi connectivity index (χ3v) is 5.81. The van der Waals surface area contributed by atoms with Gasteiger partial charge in [0.2, 0.25) is 5.88 Å². The topological polar surface area (TPSA) is 75.5 Å². The summed E-state index contributed by atoms with van der Waals surface area (Å²) in [4.78, 5) is 17.1. The molecule has 7 nitrogen and oxygen atoms in total. The number of esters is 1. The number of benzene rings is 2. The van der Waals surface area contributed by atoms with E-state index in [2.05, 4.69) is 10.1 Å². The van der Waals surface area contributed by atoms with E-state index in [0.717, 1.165) is 49.9 Å². The average molecular weight is 434 g/mol. The van der Waals surface area contributed by atoms with E-state index in [9.17, 15) is 4.79 Å². The van der Waals surface area contributed by atoms with E-state index in [-0.39, 0.29) is 19.0 Å². The van der Waals surface area contributed by atoms with Gasteiger partial charge in [0.15, 0.2) is 5.65 Å². The molecule has 32 heavy (non-hydrogen) atoms. The van der Waals surface area contributed by atoms with E-state index in [1.54, 1.807) is 18.9 Å². The summed E-state index contributed by atoms with van der Waals surface area (Å²) in [5.41, 5.74) is 4.68. The third-order valence-electron chi connectivity index (χ3n) is 5.81. The Hall–Kier alpha value is -3.61. The largest absolute Gasteiger partial charge is 0.497 e. The van der Waals surface area contributed by atoms with Crippen LogP contribution in [0.1, 0.15) is 28.8 Å². The lowest BCUT2D eigenvalue weighted by atomic mass is 10.0. The normalized spacial score (nSPS) is 11.2. The highest BCUT2D eigenvalue weighted by molar-refractivity contribution is 5.86. The summed E-state index contributed by atoms with van der Waals surface area (Å²) in [7, 11) is 5.10. The summed E-state index contributed by atoms with van der Waals surface area (Å²) in [5.74, 6) is 1.13. The van der Waals surface area contributed by atoms with Crippen LogP contribution in [-0.4, -0.2) is 35.0 Å². The number of fused-ring (bicyclic) bond motifs is 2. The molecular weight excluding hydrogens is 406 g/mol. The molecule has 166 valence electrons. The molecule has 0 amide bonds. The Bertz CT molecular complexity index is 1310. The number of ether oxygens (including phenoxy) is 3. The lowest BCUT2D eigenvalue weighted by Gasteiger charge is -2.11. The van der Waals surface area contributed by atoms with Crippen LogP contribution < -0.4 is 9.47 Å². The molecule has 0 N–H and O–H groups in total. The predicted molar refractivity (Wildman–Crippen MR) is 123 cm³/mol. The number of hydrogen-bond acceptors (Lipinski definition) is 6. The standard InChI is InChI=1S/C25H27N3O4/c1-15-21(16(2)26-24-23(15)25(31-5)27-28(24)3)10-11-22(29)32-14-17-6-7-19-13-20(30-4)9-8-18(19)12-17/h6-9,12-13H,10-11,14H2,1-5H3. The molecular formula is C25H27N3O4. The number of hydrogen-bond donors (Lipinski definition) is 0. The SMILES string of the molecule is COc1ccc2cc(COC(=O)CCc3c(C)nc4c(c(OC)nn4C)c3C)ccc2c1. The molecule has 2 aromatic carbocycles. The van der Waals surface area contributed by atoms with Crippen molar-refractivity contribution in [1.29, 1.82) is 0 Å². The number of aromatic nitrogens is 3. The first-order valence-corrected chi connectivity index (χ1v) is 10.5. The van der Waals surface area contributed by atoms with Crippen LogP contribution in [0.3, 0.4) is 0 Å². The van der Waals surface area contributed by atoms with E-state index in [1.807, 2.05) is 57.3 Å². The molecule has 2 heterocycles. The Morgan fingerprint density at radius 1 is 1.03 bits per heavy atom. The molecule has 0 radical (unpaired) electrons. The average Bonchev–Trinajstić information content (AvgIpc) is 3.12. The molecule has 0 saturated carbocycles. The molecule has 0 saturated heterocycles. The van der Waals surface area contributed by atoms with E-state index in [1.165, 1.54) is 0 Å². The summed E-state index contributed by atoms with van der Waals surface area (Å²) in [6.45, 7) is 4.22. The minimum Gasteiger partial charge on any atom is -0.497 e. The molecule has 0 aliphatic heterocycles. The van der Waals surface area contributed by atoms with Gasteiger partial charge in [0, 0.05) is 19.2 Å². The fourth-order valence-electron chi connectivity index (χ4n) is 4.06. The van der Waals surface area contributed by atoms with Crippen LogP contribution in [0.5, 0.6) is 11.6 Å². The molecule has 2 aromatic heterocycles. The van der Waals surface area contributed by atoms with Crippen LogP contribution in [-0.2, 0) is 29.6 Å². The van der Waals surface area contributed by atoms with Gasteiger partial charge in [0.05, 0.1) is 19.6 Å². The van der Waals surface area contributed by atoms with Crippen LogP contribution in [0.2, 0.25) is 0 Å². The second-order valence-electron chi connectivity index (χ2n) is 7.84. The highest BCUT2D eigenvalue weighted by atomic mass is 16.5. The van der Waals surface area contributed by atoms with Crippen LogP contribution in [0, 0.1) is 13.8 Å². The van der Waals surface area contributed by atoms with Crippen molar-refractivity contribution in [3.63, 3.8) is 0 Å². The number of rotatable bonds is 7. The Kier molecular flexibility index (Phi) is 5.99. The van der Waals surface area contributed by atoms with Gasteiger partial charge < -0.3 is 14.2 Å². The number of carbonyl (C=O) groups excluding carboxylic acids is 1. The van der Waals surface area contributed by atoms with Crippen molar-refractivity contribution in [2.24, 2.45) is 7.05 Å². The summed E-state index contributed by atoms with van der Waals surface area (Å²) in [5, 5.41) is 7.42. The lowest BCUT2D eigenvalue weighted by molar-refractivity contribution is -0.144. The van der Waals surface area contributed by atoms with Gasteiger partial charge in [-0.3, -0.25) is 4.79 Å². The van der Waals surface area contributed by atoms with Crippen molar-refractivity contribution in [2.45, 2.75) is 33.3 Å². The molecule has 0 spiro atoms. The fourth-order valence-corrected chi connectivity index (χ4v) is 4.06. The maximum absolute atomic E-state index is 12.4. The van der Waals surface area contributed by atoms with Crippen molar-refractivity contribution in [3.05, 3.63) is 58.8 Å². The Morgan fingerprint density at radius 2 is 1.78 bits per heavy atom. The van der Waals surface area contributed by atoms with Crippen molar-refractivity contribution < 1.29 is 19.0 Å². The molecule has 0 unspecified atom stereocenters. The maximum Gasteiger partial charge on any atom is 0.306 e. The number of nitrogens with zero attached hydrogens (tertiary/aromatic N) is 3. The van der Waals surface area contributed by atoms with Gasteiger partial charge in [0.1, 0.15) is 12.4 Å². The van der Waals surface area contributed by atoms with Crippen molar-refractivity contribution in [3.8, 4) is 11.6 Å². The molecule has 4 aromatic rings. The van der Waals surface area contributed by atoms with E-state index >= 15 is 0 Å². The molecule has 0 fully saturated rings. The Morgan fingerprint density at radius 3 is 2.53 bits per heavy atom. The summed E-state index contributed by atoms with van der Waals surface area (Å²) < 4.78 is 17.9. The number of carbonyl (C=O) groups is 1. The van der Waals surface area contributed by atoms with Gasteiger partial charge >= 0.3 is 5.97 Å². The number of methoxy groups -OCH3 is 2. The number of aryl methyl sites for hydroxylation is 3.